The summed E-state index contributed by atoms with van der Waals surface area (Å²) in [6, 6.07) is 8.29. The second kappa shape index (κ2) is 6.59. The molecule has 1 aromatic heterocycles. The first-order valence-electron chi connectivity index (χ1n) is 8.57. The molecule has 1 unspecified atom stereocenters. The average Bonchev–Trinajstić information content (AvgIpc) is 2.87. The maximum Gasteiger partial charge on any atom is 0.316 e. The smallest absolute Gasteiger partial charge is 0.316 e. The predicted molar refractivity (Wildman–Crippen MR) is 93.8 cm³/mol. The Hall–Kier alpha value is -2.06. The van der Waals surface area contributed by atoms with Crippen LogP contribution in [0.4, 0.5) is 4.39 Å². The number of nitrogens with zero attached hydrogens (tertiary/aromatic N) is 3. The van der Waals surface area contributed by atoms with Crippen molar-refractivity contribution in [2.24, 2.45) is 5.92 Å². The summed E-state index contributed by atoms with van der Waals surface area (Å²) in [6.45, 7) is 1.88. The van der Waals surface area contributed by atoms with Crippen LogP contribution in [0.15, 0.2) is 42.7 Å². The van der Waals surface area contributed by atoms with Crippen molar-refractivity contribution in [3.63, 3.8) is 0 Å². The Morgan fingerprint density at radius 1 is 1.19 bits per heavy atom. The molecule has 1 spiro atoms. The van der Waals surface area contributed by atoms with Crippen molar-refractivity contribution in [1.82, 2.24) is 14.9 Å². The lowest BCUT2D eigenvalue weighted by atomic mass is 9.83. The molecule has 1 atom stereocenters. The second-order valence-corrected chi connectivity index (χ2v) is 9.43. The van der Waals surface area contributed by atoms with Gasteiger partial charge < -0.3 is 4.74 Å². The van der Waals surface area contributed by atoms with Gasteiger partial charge in [-0.1, -0.05) is 12.1 Å². The van der Waals surface area contributed by atoms with Gasteiger partial charge in [-0.05, 0) is 30.2 Å². The summed E-state index contributed by atoms with van der Waals surface area (Å²) in [6.07, 6.45) is 3.79. The van der Waals surface area contributed by atoms with Crippen LogP contribution < -0.4 is 4.74 Å². The molecule has 2 aromatic rings. The topological polar surface area (TPSA) is 72.4 Å². The molecule has 6 nitrogen and oxygen atoms in total. The number of benzene rings is 1. The Morgan fingerprint density at radius 3 is 2.58 bits per heavy atom. The molecule has 2 aliphatic rings. The summed E-state index contributed by atoms with van der Waals surface area (Å²) in [5, 5.41) is 0. The zero-order valence-corrected chi connectivity index (χ0v) is 15.0. The van der Waals surface area contributed by atoms with Crippen LogP contribution in [0.3, 0.4) is 0 Å². The molecular weight excluding hydrogens is 357 g/mol. The molecule has 0 amide bonds. The van der Waals surface area contributed by atoms with E-state index in [1.165, 1.54) is 12.1 Å². The molecular formula is C18H20FN3O3S. The Bertz CT molecular complexity index is 868. The van der Waals surface area contributed by atoms with Gasteiger partial charge in [0.15, 0.2) is 9.84 Å². The minimum Gasteiger partial charge on any atom is -0.463 e. The van der Waals surface area contributed by atoms with E-state index in [0.717, 1.165) is 5.56 Å². The Kier molecular flexibility index (Phi) is 4.40. The van der Waals surface area contributed by atoms with Gasteiger partial charge in [-0.2, -0.15) is 0 Å². The molecule has 2 fully saturated rings. The van der Waals surface area contributed by atoms with Gasteiger partial charge in [0.1, 0.15) is 10.6 Å². The number of hydrogen-bond acceptors (Lipinski definition) is 6. The lowest BCUT2D eigenvalue weighted by molar-refractivity contribution is 0.0572. The van der Waals surface area contributed by atoms with Crippen molar-refractivity contribution < 1.29 is 17.5 Å². The van der Waals surface area contributed by atoms with E-state index in [1.807, 2.05) is 0 Å². The van der Waals surface area contributed by atoms with Crippen LogP contribution in [0.25, 0.3) is 0 Å². The van der Waals surface area contributed by atoms with E-state index in [1.54, 1.807) is 30.6 Å². The maximum absolute atomic E-state index is 13.0. The lowest BCUT2D eigenvalue weighted by Crippen LogP contribution is -2.67. The number of halogens is 1. The number of likely N-dealkylation sites (tertiary alicyclic amines) is 1. The zero-order chi connectivity index (χ0) is 18.2. The standard InChI is InChI=1S/C18H20FN3O3S/c19-16-4-2-14(3-5-16)10-22-12-18(13-22)15(6-9-26(18,23)24)11-25-17-20-7-1-8-21-17/h1-5,7-8,15H,6,9-13H2. The highest BCUT2D eigenvalue weighted by Gasteiger charge is 2.61. The molecule has 0 saturated carbocycles. The maximum atomic E-state index is 13.0. The second-order valence-electron chi connectivity index (χ2n) is 6.98. The molecule has 2 aliphatic heterocycles. The van der Waals surface area contributed by atoms with Crippen LogP contribution in [0.1, 0.15) is 12.0 Å². The minimum absolute atomic E-state index is 0.0687. The minimum atomic E-state index is -3.16. The van der Waals surface area contributed by atoms with Crippen LogP contribution in [0.2, 0.25) is 0 Å². The fourth-order valence-electron chi connectivity index (χ4n) is 3.91. The quantitative estimate of drug-likeness (QED) is 0.790. The van der Waals surface area contributed by atoms with Crippen molar-refractivity contribution in [1.29, 1.82) is 0 Å². The molecule has 4 rings (SSSR count). The SMILES string of the molecule is O=S1(=O)CCC(COc2ncccn2)C12CN(Cc1ccc(F)cc1)C2. The molecule has 3 heterocycles. The van der Waals surface area contributed by atoms with Crippen LogP contribution in [0, 0.1) is 11.7 Å². The summed E-state index contributed by atoms with van der Waals surface area (Å²) >= 11 is 0. The Morgan fingerprint density at radius 2 is 1.88 bits per heavy atom. The van der Waals surface area contributed by atoms with Gasteiger partial charge in [-0.25, -0.2) is 22.8 Å². The van der Waals surface area contributed by atoms with Crippen molar-refractivity contribution in [3.8, 4) is 6.01 Å². The highest BCUT2D eigenvalue weighted by atomic mass is 32.2. The van der Waals surface area contributed by atoms with E-state index in [-0.39, 0.29) is 23.5 Å². The van der Waals surface area contributed by atoms with Gasteiger partial charge in [0.25, 0.3) is 0 Å². The van der Waals surface area contributed by atoms with Crippen molar-refractivity contribution >= 4 is 9.84 Å². The Labute approximate surface area is 151 Å². The summed E-state index contributed by atoms with van der Waals surface area (Å²) in [7, 11) is -3.16. The molecule has 1 aromatic carbocycles. The third-order valence-electron chi connectivity index (χ3n) is 5.36. The van der Waals surface area contributed by atoms with Gasteiger partial charge in [0.05, 0.1) is 12.4 Å². The van der Waals surface area contributed by atoms with E-state index in [9.17, 15) is 12.8 Å². The number of ether oxygens (including phenoxy) is 1. The monoisotopic (exact) mass is 377 g/mol. The summed E-state index contributed by atoms with van der Waals surface area (Å²) < 4.78 is 43.2. The highest BCUT2D eigenvalue weighted by molar-refractivity contribution is 7.93. The van der Waals surface area contributed by atoms with Gasteiger partial charge >= 0.3 is 6.01 Å². The third kappa shape index (κ3) is 3.07. The van der Waals surface area contributed by atoms with Gasteiger partial charge in [0, 0.05) is 37.9 Å². The molecule has 0 N–H and O–H groups in total. The lowest BCUT2D eigenvalue weighted by Gasteiger charge is -2.50. The van der Waals surface area contributed by atoms with Crippen LogP contribution >= 0.6 is 0 Å². The molecule has 0 radical (unpaired) electrons. The average molecular weight is 377 g/mol. The van der Waals surface area contributed by atoms with E-state index >= 15 is 0 Å². The van der Waals surface area contributed by atoms with Crippen molar-refractivity contribution in [3.05, 3.63) is 54.1 Å². The fourth-order valence-corrected chi connectivity index (χ4v) is 6.37. The first-order valence-corrected chi connectivity index (χ1v) is 10.2. The van der Waals surface area contributed by atoms with E-state index in [4.69, 9.17) is 4.74 Å². The van der Waals surface area contributed by atoms with Crippen LogP contribution in [-0.4, -0.2) is 53.5 Å². The zero-order valence-electron chi connectivity index (χ0n) is 14.2. The normalized spacial score (nSPS) is 23.7. The molecule has 8 heteroatoms. The van der Waals surface area contributed by atoms with E-state index in [0.29, 0.717) is 32.7 Å². The first kappa shape index (κ1) is 17.4. The molecule has 138 valence electrons. The summed E-state index contributed by atoms with van der Waals surface area (Å²) in [5.41, 5.74) is 0.974. The molecule has 2 saturated heterocycles. The summed E-state index contributed by atoms with van der Waals surface area (Å²) in [5.74, 6) is -0.144. The molecule has 26 heavy (non-hydrogen) atoms. The van der Waals surface area contributed by atoms with Crippen LogP contribution in [-0.2, 0) is 16.4 Å². The van der Waals surface area contributed by atoms with Gasteiger partial charge in [-0.3, -0.25) is 4.90 Å². The number of rotatable bonds is 5. The van der Waals surface area contributed by atoms with E-state index < -0.39 is 14.6 Å². The van der Waals surface area contributed by atoms with Gasteiger partial charge in [-0.15, -0.1) is 0 Å². The predicted octanol–water partition coefficient (Wildman–Crippen LogP) is 1.68. The number of aromatic nitrogens is 2. The number of sulfone groups is 1. The van der Waals surface area contributed by atoms with Crippen molar-refractivity contribution in [2.75, 3.05) is 25.4 Å². The first-order chi connectivity index (χ1) is 12.5. The Balaban J connectivity index is 1.42. The largest absolute Gasteiger partial charge is 0.463 e. The summed E-state index contributed by atoms with van der Waals surface area (Å²) in [4.78, 5) is 10.1. The third-order valence-corrected chi connectivity index (χ3v) is 7.96. The van der Waals surface area contributed by atoms with Crippen LogP contribution in [0.5, 0.6) is 6.01 Å². The van der Waals surface area contributed by atoms with Gasteiger partial charge in [0.2, 0.25) is 0 Å². The molecule has 0 aliphatic carbocycles. The molecule has 0 bridgehead atoms. The fraction of sp³-hybridized carbons (Fsp3) is 0.444. The van der Waals surface area contributed by atoms with Crippen molar-refractivity contribution in [2.45, 2.75) is 17.7 Å². The van der Waals surface area contributed by atoms with E-state index in [2.05, 4.69) is 14.9 Å². The number of hydrogen-bond donors (Lipinski definition) is 0. The highest BCUT2D eigenvalue weighted by Crippen LogP contribution is 2.45.